The minimum Gasteiger partial charge on any atom is -0.331 e. The maximum atomic E-state index is 5.47. The molecule has 1 fully saturated rings. The first-order valence-electron chi connectivity index (χ1n) is 7.43. The summed E-state index contributed by atoms with van der Waals surface area (Å²) in [6, 6.07) is 6.51. The number of aromatic amines is 1. The predicted octanol–water partition coefficient (Wildman–Crippen LogP) is 4.98. The molecule has 19 heavy (non-hydrogen) atoms. The minimum atomic E-state index is 0.872. The smallest absolute Gasteiger partial charge is 0.178 e. The highest BCUT2D eigenvalue weighted by Gasteiger charge is 2.14. The van der Waals surface area contributed by atoms with Crippen LogP contribution in [0.15, 0.2) is 18.2 Å². The molecule has 3 rings (SSSR count). The Morgan fingerprint density at radius 2 is 2.05 bits per heavy atom. The van der Waals surface area contributed by atoms with Crippen molar-refractivity contribution in [1.82, 2.24) is 9.55 Å². The summed E-state index contributed by atoms with van der Waals surface area (Å²) < 4.78 is 3.16. The number of imidazole rings is 1. The maximum Gasteiger partial charge on any atom is 0.178 e. The van der Waals surface area contributed by atoms with Gasteiger partial charge in [-0.1, -0.05) is 38.2 Å². The van der Waals surface area contributed by atoms with E-state index in [-0.39, 0.29) is 0 Å². The molecule has 1 N–H and O–H groups in total. The van der Waals surface area contributed by atoms with Crippen LogP contribution in [0.2, 0.25) is 0 Å². The van der Waals surface area contributed by atoms with Crippen LogP contribution in [-0.4, -0.2) is 9.55 Å². The zero-order chi connectivity index (χ0) is 13.2. The minimum absolute atomic E-state index is 0.872. The van der Waals surface area contributed by atoms with E-state index < -0.39 is 0 Å². The summed E-state index contributed by atoms with van der Waals surface area (Å²) in [6.45, 7) is 3.20. The molecule has 0 unspecified atom stereocenters. The van der Waals surface area contributed by atoms with Crippen LogP contribution in [-0.2, 0) is 6.54 Å². The van der Waals surface area contributed by atoms with Crippen molar-refractivity contribution in [2.45, 2.75) is 52.0 Å². The lowest BCUT2D eigenvalue weighted by Gasteiger charge is -2.21. The van der Waals surface area contributed by atoms with Crippen LogP contribution >= 0.6 is 12.2 Å². The molecule has 2 nitrogen and oxygen atoms in total. The molecule has 0 aliphatic heterocycles. The summed E-state index contributed by atoms with van der Waals surface area (Å²) >= 11 is 5.47. The Morgan fingerprint density at radius 1 is 1.26 bits per heavy atom. The zero-order valence-electron chi connectivity index (χ0n) is 11.6. The van der Waals surface area contributed by atoms with E-state index in [9.17, 15) is 0 Å². The SMILES string of the molecule is Cc1ccc2[nH]c(=S)n(CCC3CCCCC3)c2c1. The monoisotopic (exact) mass is 274 g/mol. The third-order valence-electron chi connectivity index (χ3n) is 4.42. The highest BCUT2D eigenvalue weighted by Crippen LogP contribution is 2.27. The van der Waals surface area contributed by atoms with Crippen molar-refractivity contribution in [3.05, 3.63) is 28.5 Å². The van der Waals surface area contributed by atoms with Crippen LogP contribution < -0.4 is 0 Å². The molecule has 102 valence electrons. The zero-order valence-corrected chi connectivity index (χ0v) is 12.4. The molecule has 3 heteroatoms. The van der Waals surface area contributed by atoms with Crippen molar-refractivity contribution >= 4 is 23.3 Å². The summed E-state index contributed by atoms with van der Waals surface area (Å²) in [5, 5.41) is 0. The van der Waals surface area contributed by atoms with Gasteiger partial charge < -0.3 is 9.55 Å². The van der Waals surface area contributed by atoms with Gasteiger partial charge in [0.2, 0.25) is 0 Å². The van der Waals surface area contributed by atoms with Crippen LogP contribution in [0.5, 0.6) is 0 Å². The van der Waals surface area contributed by atoms with Crippen molar-refractivity contribution in [1.29, 1.82) is 0 Å². The quantitative estimate of drug-likeness (QED) is 0.783. The lowest BCUT2D eigenvalue weighted by molar-refractivity contribution is 0.325. The van der Waals surface area contributed by atoms with Gasteiger partial charge in [0.25, 0.3) is 0 Å². The molecule has 1 saturated carbocycles. The summed E-state index contributed by atoms with van der Waals surface area (Å²) in [5.41, 5.74) is 3.73. The molecule has 0 radical (unpaired) electrons. The van der Waals surface area contributed by atoms with Crippen molar-refractivity contribution in [3.8, 4) is 0 Å². The fourth-order valence-corrected chi connectivity index (χ4v) is 3.57. The number of hydrogen-bond acceptors (Lipinski definition) is 1. The number of nitrogens with one attached hydrogen (secondary N) is 1. The van der Waals surface area contributed by atoms with Gasteiger partial charge in [0.15, 0.2) is 4.77 Å². The van der Waals surface area contributed by atoms with Crippen molar-refractivity contribution in [3.63, 3.8) is 0 Å². The van der Waals surface area contributed by atoms with Crippen molar-refractivity contribution in [2.75, 3.05) is 0 Å². The molecule has 1 aliphatic carbocycles. The summed E-state index contributed by atoms with van der Waals surface area (Å²) in [5.74, 6) is 0.908. The van der Waals surface area contributed by atoms with Gasteiger partial charge in [-0.25, -0.2) is 0 Å². The molecule has 1 aromatic heterocycles. The Hall–Kier alpha value is -1.09. The molecule has 2 aromatic rings. The van der Waals surface area contributed by atoms with Gasteiger partial charge in [0, 0.05) is 6.54 Å². The lowest BCUT2D eigenvalue weighted by Crippen LogP contribution is -2.10. The summed E-state index contributed by atoms with van der Waals surface area (Å²) in [7, 11) is 0. The van der Waals surface area contributed by atoms with Gasteiger partial charge in [-0.05, 0) is 49.2 Å². The average Bonchev–Trinajstić information content (AvgIpc) is 2.73. The third kappa shape index (κ3) is 2.76. The number of rotatable bonds is 3. The number of nitrogens with zero attached hydrogens (tertiary/aromatic N) is 1. The van der Waals surface area contributed by atoms with E-state index in [1.165, 1.54) is 55.1 Å². The second kappa shape index (κ2) is 5.49. The van der Waals surface area contributed by atoms with E-state index in [0.717, 1.165) is 17.2 Å². The van der Waals surface area contributed by atoms with E-state index in [2.05, 4.69) is 34.7 Å². The first kappa shape index (κ1) is 12.9. The highest BCUT2D eigenvalue weighted by atomic mass is 32.1. The molecule has 0 spiro atoms. The van der Waals surface area contributed by atoms with Gasteiger partial charge in [0.05, 0.1) is 11.0 Å². The largest absolute Gasteiger partial charge is 0.331 e. The topological polar surface area (TPSA) is 20.7 Å². The molecule has 0 saturated heterocycles. The first-order chi connectivity index (χ1) is 9.24. The molecule has 1 aliphatic rings. The Bertz CT molecular complexity index is 617. The normalized spacial score (nSPS) is 17.1. The van der Waals surface area contributed by atoms with Crippen molar-refractivity contribution < 1.29 is 0 Å². The Kier molecular flexibility index (Phi) is 3.74. The Labute approximate surface area is 119 Å². The number of benzene rings is 1. The third-order valence-corrected chi connectivity index (χ3v) is 4.74. The molecule has 0 bridgehead atoms. The molecule has 0 atom stereocenters. The fourth-order valence-electron chi connectivity index (χ4n) is 3.27. The summed E-state index contributed by atoms with van der Waals surface area (Å²) in [6.07, 6.45) is 8.37. The standard InChI is InChI=1S/C16H22N2S/c1-12-7-8-14-15(11-12)18(16(19)17-14)10-9-13-5-3-2-4-6-13/h7-8,11,13H,2-6,9-10H2,1H3,(H,17,19). The molecule has 1 heterocycles. The van der Waals surface area contributed by atoms with Crippen LogP contribution in [0.25, 0.3) is 11.0 Å². The molecular weight excluding hydrogens is 252 g/mol. The highest BCUT2D eigenvalue weighted by molar-refractivity contribution is 7.71. The van der Waals surface area contributed by atoms with E-state index >= 15 is 0 Å². The number of hydrogen-bond donors (Lipinski definition) is 1. The van der Waals surface area contributed by atoms with E-state index in [0.29, 0.717) is 0 Å². The van der Waals surface area contributed by atoms with E-state index in [1.54, 1.807) is 0 Å². The molecule has 0 amide bonds. The number of fused-ring (bicyclic) bond motifs is 1. The van der Waals surface area contributed by atoms with E-state index in [1.807, 2.05) is 0 Å². The number of H-pyrrole nitrogens is 1. The van der Waals surface area contributed by atoms with Crippen molar-refractivity contribution in [2.24, 2.45) is 5.92 Å². The van der Waals surface area contributed by atoms with E-state index in [4.69, 9.17) is 12.2 Å². The predicted molar refractivity (Wildman–Crippen MR) is 83.1 cm³/mol. The number of aryl methyl sites for hydroxylation is 2. The lowest BCUT2D eigenvalue weighted by atomic mass is 9.87. The number of aromatic nitrogens is 2. The second-order valence-corrected chi connectivity index (χ2v) is 6.28. The van der Waals surface area contributed by atoms with Gasteiger partial charge in [-0.2, -0.15) is 0 Å². The average molecular weight is 274 g/mol. The molecular formula is C16H22N2S. The van der Waals surface area contributed by atoms with Gasteiger partial charge >= 0.3 is 0 Å². The maximum absolute atomic E-state index is 5.47. The first-order valence-corrected chi connectivity index (χ1v) is 7.84. The second-order valence-electron chi connectivity index (χ2n) is 5.90. The Morgan fingerprint density at radius 3 is 2.84 bits per heavy atom. The van der Waals surface area contributed by atoms with Gasteiger partial charge in [-0.3, -0.25) is 0 Å². The van der Waals surface area contributed by atoms with Crippen LogP contribution in [0, 0.1) is 17.6 Å². The Balaban J connectivity index is 1.81. The van der Waals surface area contributed by atoms with Gasteiger partial charge in [0.1, 0.15) is 0 Å². The molecule has 1 aromatic carbocycles. The summed E-state index contributed by atoms with van der Waals surface area (Å²) in [4.78, 5) is 3.32. The van der Waals surface area contributed by atoms with Crippen LogP contribution in [0.3, 0.4) is 0 Å². The van der Waals surface area contributed by atoms with Crippen LogP contribution in [0.1, 0.15) is 44.1 Å². The van der Waals surface area contributed by atoms with Crippen LogP contribution in [0.4, 0.5) is 0 Å². The van der Waals surface area contributed by atoms with Gasteiger partial charge in [-0.15, -0.1) is 0 Å². The fraction of sp³-hybridized carbons (Fsp3) is 0.562.